The van der Waals surface area contributed by atoms with Gasteiger partial charge >= 0.3 is 0 Å². The van der Waals surface area contributed by atoms with Gasteiger partial charge in [-0.3, -0.25) is 4.98 Å². The highest BCUT2D eigenvalue weighted by atomic mass is 15.3. The lowest BCUT2D eigenvalue weighted by Gasteiger charge is -2.10. The topological polar surface area (TPSA) is 79.4 Å². The number of pyridine rings is 1. The first kappa shape index (κ1) is 13.0. The average Bonchev–Trinajstić information content (AvgIpc) is 2.83. The lowest BCUT2D eigenvalue weighted by molar-refractivity contribution is 0.708. The highest BCUT2D eigenvalue weighted by Crippen LogP contribution is 2.19. The third-order valence-corrected chi connectivity index (χ3v) is 2.91. The number of nitrogens with one attached hydrogen (secondary N) is 1. The SMILES string of the molecule is CCn1cnnc1CNc1cc(C)nc(C)c1C#N. The predicted octanol–water partition coefficient (Wildman–Crippen LogP) is 1.79. The van der Waals surface area contributed by atoms with Gasteiger partial charge in [0.15, 0.2) is 5.82 Å². The smallest absolute Gasteiger partial charge is 0.152 e. The molecule has 0 aromatic carbocycles. The summed E-state index contributed by atoms with van der Waals surface area (Å²) in [5.41, 5.74) is 2.99. The number of hydrogen-bond acceptors (Lipinski definition) is 5. The summed E-state index contributed by atoms with van der Waals surface area (Å²) in [4.78, 5) is 4.29. The standard InChI is InChI=1S/C13H16N6/c1-4-19-8-16-18-13(19)7-15-12-5-9(2)17-10(3)11(12)6-14/h5,8H,4,7H2,1-3H3,(H,15,17). The molecule has 2 heterocycles. The molecule has 0 aliphatic heterocycles. The van der Waals surface area contributed by atoms with Gasteiger partial charge in [-0.1, -0.05) is 0 Å². The van der Waals surface area contributed by atoms with E-state index in [1.54, 1.807) is 6.33 Å². The molecular formula is C13H16N6. The van der Waals surface area contributed by atoms with Crippen molar-refractivity contribution in [3.63, 3.8) is 0 Å². The number of hydrogen-bond donors (Lipinski definition) is 1. The third kappa shape index (κ3) is 2.71. The van der Waals surface area contributed by atoms with Gasteiger partial charge in [0, 0.05) is 12.2 Å². The Labute approximate surface area is 112 Å². The minimum absolute atomic E-state index is 0.533. The molecule has 0 aliphatic carbocycles. The monoisotopic (exact) mass is 256 g/mol. The van der Waals surface area contributed by atoms with Crippen LogP contribution in [0.4, 0.5) is 5.69 Å². The van der Waals surface area contributed by atoms with E-state index in [0.717, 1.165) is 29.4 Å². The molecule has 98 valence electrons. The van der Waals surface area contributed by atoms with Crippen molar-refractivity contribution in [1.82, 2.24) is 19.7 Å². The molecule has 0 saturated heterocycles. The fraction of sp³-hybridized carbons (Fsp3) is 0.385. The van der Waals surface area contributed by atoms with Crippen LogP contribution >= 0.6 is 0 Å². The molecule has 0 saturated carbocycles. The fourth-order valence-electron chi connectivity index (χ4n) is 1.96. The highest BCUT2D eigenvalue weighted by Gasteiger charge is 2.09. The zero-order chi connectivity index (χ0) is 13.8. The number of nitriles is 1. The maximum absolute atomic E-state index is 9.18. The maximum Gasteiger partial charge on any atom is 0.152 e. The lowest BCUT2D eigenvalue weighted by Crippen LogP contribution is -2.09. The number of anilines is 1. The van der Waals surface area contributed by atoms with Crippen molar-refractivity contribution in [2.45, 2.75) is 33.9 Å². The summed E-state index contributed by atoms with van der Waals surface area (Å²) in [6.45, 7) is 7.14. The van der Waals surface area contributed by atoms with Crippen LogP contribution < -0.4 is 5.32 Å². The molecule has 0 amide bonds. The van der Waals surface area contributed by atoms with Crippen LogP contribution in [0.25, 0.3) is 0 Å². The van der Waals surface area contributed by atoms with Gasteiger partial charge in [0.05, 0.1) is 23.5 Å². The van der Waals surface area contributed by atoms with E-state index in [-0.39, 0.29) is 0 Å². The first-order chi connectivity index (χ1) is 9.15. The molecule has 1 N–H and O–H groups in total. The van der Waals surface area contributed by atoms with E-state index < -0.39 is 0 Å². The van der Waals surface area contributed by atoms with Crippen molar-refractivity contribution in [3.8, 4) is 6.07 Å². The minimum atomic E-state index is 0.533. The van der Waals surface area contributed by atoms with E-state index in [9.17, 15) is 5.26 Å². The second-order valence-electron chi connectivity index (χ2n) is 4.27. The molecular weight excluding hydrogens is 240 g/mol. The van der Waals surface area contributed by atoms with Crippen LogP contribution in [0.3, 0.4) is 0 Å². The molecule has 6 nitrogen and oxygen atoms in total. The molecule has 6 heteroatoms. The summed E-state index contributed by atoms with van der Waals surface area (Å²) >= 11 is 0. The van der Waals surface area contributed by atoms with E-state index >= 15 is 0 Å². The number of rotatable bonds is 4. The number of nitrogens with zero attached hydrogens (tertiary/aromatic N) is 5. The quantitative estimate of drug-likeness (QED) is 0.902. The Balaban J connectivity index is 2.23. The molecule has 0 radical (unpaired) electrons. The van der Waals surface area contributed by atoms with Gasteiger partial charge in [-0.2, -0.15) is 5.26 Å². The van der Waals surface area contributed by atoms with Crippen LogP contribution in [-0.2, 0) is 13.1 Å². The zero-order valence-electron chi connectivity index (χ0n) is 11.3. The Morgan fingerprint density at radius 3 is 2.89 bits per heavy atom. The first-order valence-electron chi connectivity index (χ1n) is 6.14. The second-order valence-corrected chi connectivity index (χ2v) is 4.27. The highest BCUT2D eigenvalue weighted by molar-refractivity contribution is 5.59. The van der Waals surface area contributed by atoms with Gasteiger partial charge in [-0.05, 0) is 26.8 Å². The molecule has 0 atom stereocenters. The molecule has 0 bridgehead atoms. The lowest BCUT2D eigenvalue weighted by atomic mass is 10.1. The van der Waals surface area contributed by atoms with E-state index in [4.69, 9.17) is 0 Å². The van der Waals surface area contributed by atoms with Gasteiger partial charge in [0.1, 0.15) is 12.4 Å². The van der Waals surface area contributed by atoms with Gasteiger partial charge in [-0.25, -0.2) is 0 Å². The number of aromatic nitrogens is 4. The summed E-state index contributed by atoms with van der Waals surface area (Å²) in [5, 5.41) is 20.4. The van der Waals surface area contributed by atoms with Crippen LogP contribution in [0.5, 0.6) is 0 Å². The van der Waals surface area contributed by atoms with E-state index in [1.165, 1.54) is 0 Å². The third-order valence-electron chi connectivity index (χ3n) is 2.91. The molecule has 0 fully saturated rings. The molecule has 0 spiro atoms. The van der Waals surface area contributed by atoms with Crippen molar-refractivity contribution in [3.05, 3.63) is 35.2 Å². The molecule has 0 aliphatic rings. The van der Waals surface area contributed by atoms with Crippen molar-refractivity contribution in [2.75, 3.05) is 5.32 Å². The van der Waals surface area contributed by atoms with Gasteiger partial charge < -0.3 is 9.88 Å². The van der Waals surface area contributed by atoms with Crippen molar-refractivity contribution in [2.24, 2.45) is 0 Å². The predicted molar refractivity (Wildman–Crippen MR) is 71.4 cm³/mol. The summed E-state index contributed by atoms with van der Waals surface area (Å²) in [7, 11) is 0. The van der Waals surface area contributed by atoms with Crippen LogP contribution in [0, 0.1) is 25.2 Å². The van der Waals surface area contributed by atoms with E-state index in [2.05, 4.69) is 26.6 Å². The second kappa shape index (κ2) is 5.48. The molecule has 2 aromatic rings. The fourth-order valence-corrected chi connectivity index (χ4v) is 1.96. The van der Waals surface area contributed by atoms with E-state index in [1.807, 2.05) is 31.4 Å². The van der Waals surface area contributed by atoms with Crippen LogP contribution in [0.2, 0.25) is 0 Å². The van der Waals surface area contributed by atoms with E-state index in [0.29, 0.717) is 12.1 Å². The normalized spacial score (nSPS) is 10.2. The molecule has 19 heavy (non-hydrogen) atoms. The van der Waals surface area contributed by atoms with Crippen LogP contribution in [0.15, 0.2) is 12.4 Å². The summed E-state index contributed by atoms with van der Waals surface area (Å²) in [6.07, 6.45) is 1.70. The largest absolute Gasteiger partial charge is 0.377 e. The summed E-state index contributed by atoms with van der Waals surface area (Å²) < 4.78 is 1.96. The molecule has 0 unspecified atom stereocenters. The van der Waals surface area contributed by atoms with Gasteiger partial charge in [0.2, 0.25) is 0 Å². The summed E-state index contributed by atoms with van der Waals surface area (Å²) in [5.74, 6) is 0.846. The maximum atomic E-state index is 9.18. The van der Waals surface area contributed by atoms with Crippen LogP contribution in [0.1, 0.15) is 29.7 Å². The first-order valence-corrected chi connectivity index (χ1v) is 6.14. The minimum Gasteiger partial charge on any atom is -0.377 e. The van der Waals surface area contributed by atoms with Crippen molar-refractivity contribution >= 4 is 5.69 Å². The Bertz CT molecular complexity index is 623. The van der Waals surface area contributed by atoms with Crippen LogP contribution in [-0.4, -0.2) is 19.7 Å². The Hall–Kier alpha value is -2.42. The van der Waals surface area contributed by atoms with Gasteiger partial charge in [-0.15, -0.1) is 10.2 Å². The Kier molecular flexibility index (Phi) is 3.76. The Morgan fingerprint density at radius 2 is 2.21 bits per heavy atom. The van der Waals surface area contributed by atoms with Crippen molar-refractivity contribution < 1.29 is 0 Å². The van der Waals surface area contributed by atoms with Crippen molar-refractivity contribution in [1.29, 1.82) is 5.26 Å². The average molecular weight is 256 g/mol. The summed E-state index contributed by atoms with van der Waals surface area (Å²) in [6, 6.07) is 4.06. The van der Waals surface area contributed by atoms with Gasteiger partial charge in [0.25, 0.3) is 0 Å². The molecule has 2 aromatic heterocycles. The zero-order valence-corrected chi connectivity index (χ0v) is 11.3. The number of aryl methyl sites for hydroxylation is 3. The molecule has 2 rings (SSSR count). The Morgan fingerprint density at radius 1 is 1.42 bits per heavy atom.